The minimum absolute atomic E-state index is 0.0926. The Hall–Kier alpha value is -0.730. The molecule has 2 nitrogen and oxygen atoms in total. The first-order valence-corrected chi connectivity index (χ1v) is 5.27. The van der Waals surface area contributed by atoms with E-state index < -0.39 is 0 Å². The fourth-order valence-corrected chi connectivity index (χ4v) is 1.99. The van der Waals surface area contributed by atoms with Crippen molar-refractivity contribution in [1.29, 1.82) is 0 Å². The Morgan fingerprint density at radius 1 is 1.43 bits per heavy atom. The third-order valence-electron chi connectivity index (χ3n) is 2.85. The van der Waals surface area contributed by atoms with E-state index in [2.05, 4.69) is 5.32 Å². The van der Waals surface area contributed by atoms with E-state index in [0.29, 0.717) is 0 Å². The van der Waals surface area contributed by atoms with Crippen LogP contribution >= 0.6 is 11.6 Å². The number of halogens is 1. The molecule has 2 rings (SSSR count). The Morgan fingerprint density at radius 2 is 2.21 bits per heavy atom. The third kappa shape index (κ3) is 1.86. The lowest BCUT2D eigenvalue weighted by molar-refractivity contribution is 0.144. The number of hydrogen-bond acceptors (Lipinski definition) is 2. The van der Waals surface area contributed by atoms with Crippen LogP contribution in [0.5, 0.6) is 0 Å². The van der Waals surface area contributed by atoms with Gasteiger partial charge in [-0.1, -0.05) is 17.7 Å². The monoisotopic (exact) mass is 211 g/mol. The van der Waals surface area contributed by atoms with Crippen LogP contribution < -0.4 is 5.32 Å². The summed E-state index contributed by atoms with van der Waals surface area (Å²) in [7, 11) is 0. The fourth-order valence-electron chi connectivity index (χ4n) is 1.80. The molecule has 76 valence electrons. The molecule has 1 fully saturated rings. The molecule has 2 N–H and O–H groups in total. The predicted octanol–water partition coefficient (Wildman–Crippen LogP) is 2.67. The summed E-state index contributed by atoms with van der Waals surface area (Å²) in [6.45, 7) is 0.194. The second kappa shape index (κ2) is 3.79. The SMILES string of the molecule is OCC1(Nc2cccc(Cl)c2)CCC1. The molecule has 0 heterocycles. The molecule has 14 heavy (non-hydrogen) atoms. The van der Waals surface area contributed by atoms with Crippen molar-refractivity contribution in [2.45, 2.75) is 24.8 Å². The highest BCUT2D eigenvalue weighted by atomic mass is 35.5. The van der Waals surface area contributed by atoms with Crippen LogP contribution in [0.4, 0.5) is 5.69 Å². The molecule has 1 saturated carbocycles. The van der Waals surface area contributed by atoms with Gasteiger partial charge in [-0.15, -0.1) is 0 Å². The Kier molecular flexibility index (Phi) is 2.66. The fraction of sp³-hybridized carbons (Fsp3) is 0.455. The molecule has 3 heteroatoms. The standard InChI is InChI=1S/C11H14ClNO/c12-9-3-1-4-10(7-9)13-11(8-14)5-2-6-11/h1,3-4,7,13-14H,2,5-6,8H2. The van der Waals surface area contributed by atoms with Gasteiger partial charge in [-0.3, -0.25) is 0 Å². The van der Waals surface area contributed by atoms with Crippen molar-refractivity contribution in [1.82, 2.24) is 0 Å². The van der Waals surface area contributed by atoms with E-state index in [0.717, 1.165) is 23.6 Å². The molecular formula is C11H14ClNO. The van der Waals surface area contributed by atoms with Crippen LogP contribution in [-0.2, 0) is 0 Å². The minimum atomic E-state index is -0.0926. The number of aliphatic hydroxyl groups excluding tert-OH is 1. The second-order valence-electron chi connectivity index (χ2n) is 3.93. The van der Waals surface area contributed by atoms with Crippen LogP contribution in [0.15, 0.2) is 24.3 Å². The molecule has 0 spiro atoms. The normalized spacial score (nSPS) is 18.7. The average Bonchev–Trinajstić information content (AvgIpc) is 2.11. The van der Waals surface area contributed by atoms with Gasteiger partial charge in [0, 0.05) is 10.7 Å². The van der Waals surface area contributed by atoms with Crippen molar-refractivity contribution in [3.05, 3.63) is 29.3 Å². The first kappa shape index (κ1) is 9.81. The van der Waals surface area contributed by atoms with Gasteiger partial charge < -0.3 is 10.4 Å². The van der Waals surface area contributed by atoms with E-state index in [1.54, 1.807) is 0 Å². The van der Waals surface area contributed by atoms with Crippen LogP contribution in [0, 0.1) is 0 Å². The van der Waals surface area contributed by atoms with Gasteiger partial charge in [-0.25, -0.2) is 0 Å². The number of rotatable bonds is 3. The third-order valence-corrected chi connectivity index (χ3v) is 3.08. The summed E-state index contributed by atoms with van der Waals surface area (Å²) in [6.07, 6.45) is 3.26. The van der Waals surface area contributed by atoms with Gasteiger partial charge in [0.15, 0.2) is 0 Å². The molecule has 0 aromatic heterocycles. The van der Waals surface area contributed by atoms with Crippen molar-refractivity contribution in [3.8, 4) is 0 Å². The topological polar surface area (TPSA) is 32.3 Å². The maximum absolute atomic E-state index is 9.27. The highest BCUT2D eigenvalue weighted by molar-refractivity contribution is 6.30. The minimum Gasteiger partial charge on any atom is -0.394 e. The Bertz CT molecular complexity index is 317. The van der Waals surface area contributed by atoms with Crippen molar-refractivity contribution in [2.24, 2.45) is 0 Å². The predicted molar refractivity (Wildman–Crippen MR) is 58.7 cm³/mol. The van der Waals surface area contributed by atoms with E-state index in [-0.39, 0.29) is 12.1 Å². The van der Waals surface area contributed by atoms with E-state index in [1.807, 2.05) is 24.3 Å². The summed E-state index contributed by atoms with van der Waals surface area (Å²) in [5.74, 6) is 0. The van der Waals surface area contributed by atoms with Crippen LogP contribution in [0.1, 0.15) is 19.3 Å². The maximum atomic E-state index is 9.27. The number of aliphatic hydroxyl groups is 1. The molecule has 1 aromatic rings. The van der Waals surface area contributed by atoms with Gasteiger partial charge in [0.05, 0.1) is 12.1 Å². The molecular weight excluding hydrogens is 198 g/mol. The number of benzene rings is 1. The molecule has 1 aliphatic carbocycles. The summed E-state index contributed by atoms with van der Waals surface area (Å²) in [5, 5.41) is 13.3. The molecule has 0 aliphatic heterocycles. The largest absolute Gasteiger partial charge is 0.394 e. The lowest BCUT2D eigenvalue weighted by Gasteiger charge is -2.41. The second-order valence-corrected chi connectivity index (χ2v) is 4.36. The average molecular weight is 212 g/mol. The first-order chi connectivity index (χ1) is 6.74. The van der Waals surface area contributed by atoms with Crippen molar-refractivity contribution in [3.63, 3.8) is 0 Å². The maximum Gasteiger partial charge on any atom is 0.0661 e. The van der Waals surface area contributed by atoms with Gasteiger partial charge in [-0.2, -0.15) is 0 Å². The summed E-state index contributed by atoms with van der Waals surface area (Å²) in [5.41, 5.74) is 0.899. The highest BCUT2D eigenvalue weighted by Crippen LogP contribution is 2.35. The van der Waals surface area contributed by atoms with Crippen molar-refractivity contribution in [2.75, 3.05) is 11.9 Å². The van der Waals surface area contributed by atoms with Gasteiger partial charge in [0.2, 0.25) is 0 Å². The van der Waals surface area contributed by atoms with Crippen molar-refractivity contribution < 1.29 is 5.11 Å². The molecule has 1 aromatic carbocycles. The molecule has 0 radical (unpaired) electrons. The number of anilines is 1. The summed E-state index contributed by atoms with van der Waals surface area (Å²) < 4.78 is 0. The zero-order valence-corrected chi connectivity index (χ0v) is 8.72. The van der Waals surface area contributed by atoms with Gasteiger partial charge in [0.25, 0.3) is 0 Å². The van der Waals surface area contributed by atoms with Crippen LogP contribution in [0.3, 0.4) is 0 Å². The number of nitrogens with one attached hydrogen (secondary N) is 1. The molecule has 0 bridgehead atoms. The van der Waals surface area contributed by atoms with E-state index in [1.165, 1.54) is 6.42 Å². The quantitative estimate of drug-likeness (QED) is 0.806. The van der Waals surface area contributed by atoms with E-state index in [4.69, 9.17) is 11.6 Å². The molecule has 0 amide bonds. The van der Waals surface area contributed by atoms with Crippen LogP contribution in [0.25, 0.3) is 0 Å². The van der Waals surface area contributed by atoms with Gasteiger partial charge >= 0.3 is 0 Å². The van der Waals surface area contributed by atoms with Crippen molar-refractivity contribution >= 4 is 17.3 Å². The lowest BCUT2D eigenvalue weighted by Crippen LogP contribution is -2.48. The van der Waals surface area contributed by atoms with Crippen LogP contribution in [-0.4, -0.2) is 17.3 Å². The molecule has 0 saturated heterocycles. The zero-order valence-electron chi connectivity index (χ0n) is 7.96. The van der Waals surface area contributed by atoms with Gasteiger partial charge in [-0.05, 0) is 37.5 Å². The first-order valence-electron chi connectivity index (χ1n) is 4.89. The molecule has 1 aliphatic rings. The Morgan fingerprint density at radius 3 is 2.71 bits per heavy atom. The van der Waals surface area contributed by atoms with E-state index >= 15 is 0 Å². The van der Waals surface area contributed by atoms with Crippen LogP contribution in [0.2, 0.25) is 5.02 Å². The smallest absolute Gasteiger partial charge is 0.0661 e. The zero-order chi connectivity index (χ0) is 10.0. The van der Waals surface area contributed by atoms with Gasteiger partial charge in [0.1, 0.15) is 0 Å². The summed E-state index contributed by atoms with van der Waals surface area (Å²) >= 11 is 5.88. The highest BCUT2D eigenvalue weighted by Gasteiger charge is 2.35. The Balaban J connectivity index is 2.09. The molecule has 0 unspecified atom stereocenters. The van der Waals surface area contributed by atoms with E-state index in [9.17, 15) is 5.11 Å². The number of hydrogen-bond donors (Lipinski definition) is 2. The molecule has 0 atom stereocenters. The lowest BCUT2D eigenvalue weighted by atomic mass is 9.77. The summed E-state index contributed by atoms with van der Waals surface area (Å²) in [4.78, 5) is 0. The summed E-state index contributed by atoms with van der Waals surface area (Å²) in [6, 6.07) is 7.62. The Labute approximate surface area is 88.9 Å².